The van der Waals surface area contributed by atoms with Crippen molar-refractivity contribution in [3.8, 4) is 34.0 Å². The first-order valence-corrected chi connectivity index (χ1v) is 8.01. The molecule has 0 radical (unpaired) electrons. The smallest absolute Gasteiger partial charge is 0.242 e. The Balaban J connectivity index is 1.63. The quantitative estimate of drug-likeness (QED) is 0.719. The number of nitrogens with zero attached hydrogens (tertiary/aromatic N) is 5. The molecule has 0 spiro atoms. The normalized spacial score (nSPS) is 13.5. The van der Waals surface area contributed by atoms with Crippen molar-refractivity contribution in [2.24, 2.45) is 0 Å². The first kappa shape index (κ1) is 16.1. The highest BCUT2D eigenvalue weighted by Crippen LogP contribution is 2.33. The van der Waals surface area contributed by atoms with Gasteiger partial charge < -0.3 is 15.2 Å². The number of aromatic hydroxyl groups is 1. The summed E-state index contributed by atoms with van der Waals surface area (Å²) in [5, 5.41) is 28.6. The molecular weight excluding hydrogens is 339 g/mol. The van der Waals surface area contributed by atoms with Crippen LogP contribution in [-0.4, -0.2) is 43.6 Å². The molecule has 2 heterocycles. The number of hydrogen-bond donors (Lipinski definition) is 2. The van der Waals surface area contributed by atoms with E-state index in [-0.39, 0.29) is 17.2 Å². The van der Waals surface area contributed by atoms with E-state index in [0.717, 1.165) is 12.8 Å². The maximum absolute atomic E-state index is 14.0. The Bertz CT molecular complexity index is 946. The standard InChI is InChI=1S/C17H15FN6O2/c1-26-15-7-12(16(18)23-22-15)9-2-5-11(14(25)6-9)13-8-19-17(24-21-13)20-10-3-4-10/h2,5-8,10,25H,3-4H2,1H3,(H,19,20,24). The lowest BCUT2D eigenvalue weighted by Crippen LogP contribution is -2.06. The van der Waals surface area contributed by atoms with Gasteiger partial charge in [-0.25, -0.2) is 4.98 Å². The average molecular weight is 354 g/mol. The number of ether oxygens (including phenoxy) is 1. The number of halogens is 1. The maximum atomic E-state index is 14.0. The average Bonchev–Trinajstić information content (AvgIpc) is 3.47. The van der Waals surface area contributed by atoms with Gasteiger partial charge in [-0.1, -0.05) is 6.07 Å². The Morgan fingerprint density at radius 1 is 1.12 bits per heavy atom. The molecular formula is C17H15FN6O2. The zero-order valence-corrected chi connectivity index (χ0v) is 13.8. The fourth-order valence-corrected chi connectivity index (χ4v) is 2.45. The highest BCUT2D eigenvalue weighted by molar-refractivity contribution is 5.74. The van der Waals surface area contributed by atoms with Gasteiger partial charge in [0, 0.05) is 23.2 Å². The summed E-state index contributed by atoms with van der Waals surface area (Å²) in [7, 11) is 1.42. The van der Waals surface area contributed by atoms with Crippen molar-refractivity contribution in [1.29, 1.82) is 0 Å². The number of nitrogens with one attached hydrogen (secondary N) is 1. The zero-order valence-electron chi connectivity index (χ0n) is 13.8. The summed E-state index contributed by atoms with van der Waals surface area (Å²) < 4.78 is 18.9. The number of rotatable bonds is 5. The van der Waals surface area contributed by atoms with Gasteiger partial charge in [0.05, 0.1) is 13.3 Å². The van der Waals surface area contributed by atoms with Gasteiger partial charge in [0.15, 0.2) is 0 Å². The number of methoxy groups -OCH3 is 1. The van der Waals surface area contributed by atoms with Gasteiger partial charge in [-0.2, -0.15) is 4.39 Å². The molecule has 8 nitrogen and oxygen atoms in total. The second-order valence-corrected chi connectivity index (χ2v) is 5.91. The van der Waals surface area contributed by atoms with Crippen LogP contribution >= 0.6 is 0 Å². The molecule has 0 aliphatic heterocycles. The fourth-order valence-electron chi connectivity index (χ4n) is 2.45. The van der Waals surface area contributed by atoms with Gasteiger partial charge in [-0.05, 0) is 30.5 Å². The SMILES string of the molecule is COc1cc(-c2ccc(-c3cnc(NC4CC4)nn3)c(O)c2)c(F)nn1. The van der Waals surface area contributed by atoms with Crippen LogP contribution in [-0.2, 0) is 0 Å². The molecule has 3 aromatic rings. The first-order valence-electron chi connectivity index (χ1n) is 8.01. The van der Waals surface area contributed by atoms with Crippen LogP contribution in [0.1, 0.15) is 12.8 Å². The van der Waals surface area contributed by atoms with Crippen LogP contribution in [0.25, 0.3) is 22.4 Å². The summed E-state index contributed by atoms with van der Waals surface area (Å²) in [6.07, 6.45) is 3.75. The second kappa shape index (κ2) is 6.51. The third-order valence-corrected chi connectivity index (χ3v) is 3.99. The molecule has 0 amide bonds. The third kappa shape index (κ3) is 3.23. The third-order valence-electron chi connectivity index (χ3n) is 3.99. The van der Waals surface area contributed by atoms with Crippen molar-refractivity contribution in [1.82, 2.24) is 25.4 Å². The molecule has 0 atom stereocenters. The van der Waals surface area contributed by atoms with Gasteiger partial charge in [-0.3, -0.25) is 0 Å². The molecule has 4 rings (SSSR count). The molecule has 0 unspecified atom stereocenters. The van der Waals surface area contributed by atoms with Crippen LogP contribution in [0.2, 0.25) is 0 Å². The van der Waals surface area contributed by atoms with E-state index in [1.54, 1.807) is 12.1 Å². The van der Waals surface area contributed by atoms with E-state index in [1.165, 1.54) is 25.4 Å². The van der Waals surface area contributed by atoms with E-state index in [9.17, 15) is 9.50 Å². The van der Waals surface area contributed by atoms with Gasteiger partial charge in [0.25, 0.3) is 0 Å². The monoisotopic (exact) mass is 354 g/mol. The van der Waals surface area contributed by atoms with E-state index in [0.29, 0.717) is 28.8 Å². The molecule has 26 heavy (non-hydrogen) atoms. The lowest BCUT2D eigenvalue weighted by molar-refractivity contribution is 0.386. The Morgan fingerprint density at radius 3 is 2.62 bits per heavy atom. The number of anilines is 1. The number of hydrogen-bond acceptors (Lipinski definition) is 8. The first-order chi connectivity index (χ1) is 12.6. The predicted octanol–water partition coefficient (Wildman–Crippen LogP) is 2.42. The van der Waals surface area contributed by atoms with E-state index in [1.807, 2.05) is 0 Å². The minimum absolute atomic E-state index is 0.0725. The Morgan fingerprint density at radius 2 is 1.96 bits per heavy atom. The summed E-state index contributed by atoms with van der Waals surface area (Å²) in [6.45, 7) is 0. The van der Waals surface area contributed by atoms with Crippen molar-refractivity contribution in [3.63, 3.8) is 0 Å². The highest BCUT2D eigenvalue weighted by Gasteiger charge is 2.22. The molecule has 1 aliphatic carbocycles. The predicted molar refractivity (Wildman–Crippen MR) is 91.1 cm³/mol. The second-order valence-electron chi connectivity index (χ2n) is 5.91. The number of aromatic nitrogens is 5. The van der Waals surface area contributed by atoms with Gasteiger partial charge in [0.1, 0.15) is 11.4 Å². The van der Waals surface area contributed by atoms with Crippen LogP contribution in [0.5, 0.6) is 11.6 Å². The minimum Gasteiger partial charge on any atom is -0.507 e. The molecule has 1 saturated carbocycles. The summed E-state index contributed by atoms with van der Waals surface area (Å²) in [6, 6.07) is 6.53. The fraction of sp³-hybridized carbons (Fsp3) is 0.235. The number of benzene rings is 1. The zero-order chi connectivity index (χ0) is 18.1. The Kier molecular flexibility index (Phi) is 4.04. The molecule has 2 N–H and O–H groups in total. The summed E-state index contributed by atoms with van der Waals surface area (Å²) in [4.78, 5) is 4.20. The van der Waals surface area contributed by atoms with E-state index >= 15 is 0 Å². The Labute approximate surface area is 148 Å². The molecule has 132 valence electrons. The maximum Gasteiger partial charge on any atom is 0.242 e. The molecule has 1 fully saturated rings. The molecule has 0 bridgehead atoms. The van der Waals surface area contributed by atoms with Gasteiger partial charge in [-0.15, -0.1) is 20.4 Å². The van der Waals surface area contributed by atoms with Gasteiger partial charge in [0.2, 0.25) is 17.8 Å². The number of phenolic OH excluding ortho intramolecular Hbond substituents is 1. The van der Waals surface area contributed by atoms with Crippen molar-refractivity contribution >= 4 is 5.95 Å². The van der Waals surface area contributed by atoms with Crippen LogP contribution in [0.4, 0.5) is 10.3 Å². The summed E-state index contributed by atoms with van der Waals surface area (Å²) in [5.41, 5.74) is 1.47. The lowest BCUT2D eigenvalue weighted by atomic mass is 10.0. The van der Waals surface area contributed by atoms with Crippen LogP contribution in [0.15, 0.2) is 30.5 Å². The van der Waals surface area contributed by atoms with Crippen LogP contribution in [0, 0.1) is 5.95 Å². The molecule has 1 aromatic carbocycles. The molecule has 2 aromatic heterocycles. The largest absolute Gasteiger partial charge is 0.507 e. The van der Waals surface area contributed by atoms with Crippen molar-refractivity contribution in [2.75, 3.05) is 12.4 Å². The van der Waals surface area contributed by atoms with E-state index < -0.39 is 5.95 Å². The van der Waals surface area contributed by atoms with Crippen molar-refractivity contribution in [3.05, 3.63) is 36.4 Å². The van der Waals surface area contributed by atoms with Crippen molar-refractivity contribution < 1.29 is 14.2 Å². The summed E-state index contributed by atoms with van der Waals surface area (Å²) >= 11 is 0. The van der Waals surface area contributed by atoms with E-state index in [4.69, 9.17) is 4.74 Å². The topological polar surface area (TPSA) is 106 Å². The minimum atomic E-state index is -0.755. The Hall–Kier alpha value is -3.36. The highest BCUT2D eigenvalue weighted by atomic mass is 19.1. The summed E-state index contributed by atoms with van der Waals surface area (Å²) in [5.74, 6) is -0.185. The molecule has 1 aliphatic rings. The molecule has 0 saturated heterocycles. The van der Waals surface area contributed by atoms with E-state index in [2.05, 4.69) is 30.7 Å². The van der Waals surface area contributed by atoms with Crippen molar-refractivity contribution in [2.45, 2.75) is 18.9 Å². The van der Waals surface area contributed by atoms with Crippen LogP contribution in [0.3, 0.4) is 0 Å². The van der Waals surface area contributed by atoms with Gasteiger partial charge >= 0.3 is 0 Å². The number of phenols is 1. The van der Waals surface area contributed by atoms with Crippen LogP contribution < -0.4 is 10.1 Å². The lowest BCUT2D eigenvalue weighted by Gasteiger charge is -2.08. The molecule has 9 heteroatoms.